The van der Waals surface area contributed by atoms with E-state index in [1.807, 2.05) is 0 Å². The molecule has 9 heteroatoms. The molecule has 8 nitrogen and oxygen atoms in total. The van der Waals surface area contributed by atoms with Crippen molar-refractivity contribution in [2.75, 3.05) is 13.2 Å². The number of hydrogen-bond donors (Lipinski definition) is 2. The van der Waals surface area contributed by atoms with Crippen LogP contribution in [0.3, 0.4) is 0 Å². The Morgan fingerprint density at radius 2 is 0.913 bits per heavy atom. The molecule has 1 atom stereocenters. The summed E-state index contributed by atoms with van der Waals surface area (Å²) in [7, 11) is -4.75. The smallest absolute Gasteiger partial charge is 0.462 e. The topological polar surface area (TPSA) is 119 Å². The summed E-state index contributed by atoms with van der Waals surface area (Å²) < 4.78 is 26.3. The summed E-state index contributed by atoms with van der Waals surface area (Å²) >= 11 is 0. The molecule has 2 N–H and O–H groups in total. The number of hydrogen-bond acceptors (Lipinski definition) is 6. The number of allylic oxidation sites excluding steroid dienone is 4. The fraction of sp³-hybridized carbons (Fsp3) is 0.838. The molecule has 0 amide bonds. The average molecular weight is 673 g/mol. The number of carbonyl (C=O) groups is 2. The third kappa shape index (κ3) is 35.4. The van der Waals surface area contributed by atoms with Crippen molar-refractivity contribution in [1.29, 1.82) is 0 Å². The summed E-state index contributed by atoms with van der Waals surface area (Å²) in [5.41, 5.74) is 0. The van der Waals surface area contributed by atoms with E-state index in [1.54, 1.807) is 0 Å². The Balaban J connectivity index is 3.98. The summed E-state index contributed by atoms with van der Waals surface area (Å²) in [4.78, 5) is 42.6. The van der Waals surface area contributed by atoms with Crippen molar-refractivity contribution in [2.24, 2.45) is 0 Å². The molecule has 0 aliphatic rings. The van der Waals surface area contributed by atoms with Crippen molar-refractivity contribution in [2.45, 2.75) is 187 Å². The molecule has 0 fully saturated rings. The highest BCUT2D eigenvalue weighted by Gasteiger charge is 2.22. The van der Waals surface area contributed by atoms with Crippen LogP contribution in [0.5, 0.6) is 0 Å². The Morgan fingerprint density at radius 1 is 0.543 bits per heavy atom. The fourth-order valence-corrected chi connectivity index (χ4v) is 5.49. The van der Waals surface area contributed by atoms with Gasteiger partial charge in [-0.2, -0.15) is 0 Å². The Morgan fingerprint density at radius 3 is 1.37 bits per heavy atom. The molecule has 46 heavy (non-hydrogen) atoms. The van der Waals surface area contributed by atoms with Crippen molar-refractivity contribution in [3.05, 3.63) is 24.3 Å². The zero-order chi connectivity index (χ0) is 34.0. The van der Waals surface area contributed by atoms with Crippen LogP contribution in [0.25, 0.3) is 0 Å². The highest BCUT2D eigenvalue weighted by Crippen LogP contribution is 2.36. The quantitative estimate of drug-likeness (QED) is 0.0300. The number of carbonyl (C=O) groups excluding carboxylic acids is 2. The first-order valence-corrected chi connectivity index (χ1v) is 20.2. The van der Waals surface area contributed by atoms with E-state index in [-0.39, 0.29) is 19.4 Å². The summed E-state index contributed by atoms with van der Waals surface area (Å²) in [6, 6.07) is 0. The molecule has 0 saturated heterocycles. The zero-order valence-corrected chi connectivity index (χ0v) is 30.4. The molecule has 0 aromatic rings. The van der Waals surface area contributed by atoms with Crippen molar-refractivity contribution in [3.8, 4) is 0 Å². The Bertz CT molecular complexity index is 807. The lowest BCUT2D eigenvalue weighted by molar-refractivity contribution is -0.161. The van der Waals surface area contributed by atoms with Crippen LogP contribution in [-0.4, -0.2) is 41.0 Å². The maximum atomic E-state index is 12.3. The number of esters is 2. The summed E-state index contributed by atoms with van der Waals surface area (Å²) in [6.07, 6.45) is 36.1. The molecule has 0 bridgehead atoms. The minimum absolute atomic E-state index is 0.202. The van der Waals surface area contributed by atoms with Crippen LogP contribution < -0.4 is 0 Å². The van der Waals surface area contributed by atoms with Gasteiger partial charge < -0.3 is 19.3 Å². The molecule has 270 valence electrons. The molecular formula is C37H69O8P. The van der Waals surface area contributed by atoms with Gasteiger partial charge in [0.25, 0.3) is 0 Å². The zero-order valence-electron chi connectivity index (χ0n) is 29.5. The van der Waals surface area contributed by atoms with E-state index in [0.29, 0.717) is 12.8 Å². The average Bonchev–Trinajstić information content (AvgIpc) is 3.02. The molecular weight excluding hydrogens is 603 g/mol. The first-order chi connectivity index (χ1) is 22.3. The number of ether oxygens (including phenoxy) is 2. The van der Waals surface area contributed by atoms with Crippen molar-refractivity contribution < 1.29 is 37.9 Å². The molecule has 0 rings (SSSR count). The standard InChI is InChI=1S/C37H69O8P/c1-3-5-7-9-11-13-15-17-18-19-20-22-24-26-28-30-32-37(39)45-35(34-44-46(40,41)42)33-43-36(38)31-29-27-25-23-21-16-14-12-10-8-6-4-2/h12,14,18-19,35H,3-11,13,15-17,20-34H2,1-2H3,(H2,40,41,42)/b14-12-,19-18-. The Kier molecular flexibility index (Phi) is 32.4. The second kappa shape index (κ2) is 33.4. The second-order valence-electron chi connectivity index (χ2n) is 12.5. The van der Waals surface area contributed by atoms with Gasteiger partial charge >= 0.3 is 19.8 Å². The van der Waals surface area contributed by atoms with Crippen LogP contribution >= 0.6 is 7.82 Å². The van der Waals surface area contributed by atoms with E-state index in [4.69, 9.17) is 19.3 Å². The van der Waals surface area contributed by atoms with Crippen LogP contribution in [0, 0.1) is 0 Å². The second-order valence-corrected chi connectivity index (χ2v) is 13.8. The van der Waals surface area contributed by atoms with E-state index in [2.05, 4.69) is 42.7 Å². The van der Waals surface area contributed by atoms with E-state index in [1.165, 1.54) is 77.0 Å². The van der Waals surface area contributed by atoms with Crippen LogP contribution in [0.4, 0.5) is 0 Å². The molecule has 0 saturated carbocycles. The lowest BCUT2D eigenvalue weighted by Crippen LogP contribution is -2.29. The molecule has 0 spiro atoms. The van der Waals surface area contributed by atoms with Crippen LogP contribution in [-0.2, 0) is 28.2 Å². The van der Waals surface area contributed by atoms with Gasteiger partial charge in [0.1, 0.15) is 6.61 Å². The first kappa shape index (κ1) is 44.5. The fourth-order valence-electron chi connectivity index (χ4n) is 5.13. The predicted molar refractivity (Wildman–Crippen MR) is 189 cm³/mol. The van der Waals surface area contributed by atoms with Gasteiger partial charge in [0.2, 0.25) is 0 Å². The highest BCUT2D eigenvalue weighted by molar-refractivity contribution is 7.46. The number of phosphoric ester groups is 1. The van der Waals surface area contributed by atoms with E-state index in [9.17, 15) is 14.2 Å². The molecule has 1 unspecified atom stereocenters. The van der Waals surface area contributed by atoms with Crippen LogP contribution in [0.1, 0.15) is 181 Å². The van der Waals surface area contributed by atoms with Gasteiger partial charge in [0, 0.05) is 12.8 Å². The largest absolute Gasteiger partial charge is 0.469 e. The SMILES string of the molecule is CCCCC/C=C\CCCCCCCC(=O)OCC(COP(=O)(O)O)OC(=O)CCCCCCC/C=C\CCCCCCCCC. The van der Waals surface area contributed by atoms with E-state index >= 15 is 0 Å². The predicted octanol–water partition coefficient (Wildman–Crippen LogP) is 10.8. The molecule has 0 radical (unpaired) electrons. The molecule has 0 aromatic heterocycles. The normalized spacial score (nSPS) is 12.7. The molecule has 0 heterocycles. The van der Waals surface area contributed by atoms with Gasteiger partial charge in [-0.25, -0.2) is 4.57 Å². The number of rotatable bonds is 34. The maximum absolute atomic E-state index is 12.3. The van der Waals surface area contributed by atoms with E-state index < -0.39 is 32.5 Å². The number of phosphoric acid groups is 1. The minimum atomic E-state index is -4.75. The van der Waals surface area contributed by atoms with Crippen molar-refractivity contribution in [1.82, 2.24) is 0 Å². The maximum Gasteiger partial charge on any atom is 0.469 e. The van der Waals surface area contributed by atoms with E-state index in [0.717, 1.165) is 64.2 Å². The lowest BCUT2D eigenvalue weighted by Gasteiger charge is -2.18. The third-order valence-corrected chi connectivity index (χ3v) is 8.43. The monoisotopic (exact) mass is 672 g/mol. The molecule has 0 aliphatic carbocycles. The molecule has 0 aromatic carbocycles. The van der Waals surface area contributed by atoms with Crippen molar-refractivity contribution in [3.63, 3.8) is 0 Å². The van der Waals surface area contributed by atoms with Gasteiger partial charge in [-0.05, 0) is 64.2 Å². The highest BCUT2D eigenvalue weighted by atomic mass is 31.2. The van der Waals surface area contributed by atoms with Gasteiger partial charge in [-0.3, -0.25) is 14.1 Å². The summed E-state index contributed by atoms with van der Waals surface area (Å²) in [5.74, 6) is -0.903. The van der Waals surface area contributed by atoms with Crippen LogP contribution in [0.2, 0.25) is 0 Å². The summed E-state index contributed by atoms with van der Waals surface area (Å²) in [5, 5.41) is 0. The first-order valence-electron chi connectivity index (χ1n) is 18.6. The Labute approximate surface area is 281 Å². The van der Waals surface area contributed by atoms with Gasteiger partial charge in [-0.1, -0.05) is 128 Å². The minimum Gasteiger partial charge on any atom is -0.462 e. The lowest BCUT2D eigenvalue weighted by atomic mass is 10.1. The van der Waals surface area contributed by atoms with Gasteiger partial charge in [0.05, 0.1) is 6.61 Å². The third-order valence-electron chi connectivity index (χ3n) is 7.94. The van der Waals surface area contributed by atoms with Gasteiger partial charge in [0.15, 0.2) is 6.10 Å². The number of unbranched alkanes of at least 4 members (excludes halogenated alkanes) is 20. The molecule has 0 aliphatic heterocycles. The van der Waals surface area contributed by atoms with Crippen LogP contribution in [0.15, 0.2) is 24.3 Å². The van der Waals surface area contributed by atoms with Crippen molar-refractivity contribution >= 4 is 19.8 Å². The summed E-state index contributed by atoms with van der Waals surface area (Å²) in [6.45, 7) is 3.63. The van der Waals surface area contributed by atoms with Gasteiger partial charge in [-0.15, -0.1) is 0 Å². The Hall–Kier alpha value is -1.47.